The molecule has 2 aromatic rings. The summed E-state index contributed by atoms with van der Waals surface area (Å²) in [6, 6.07) is 15.4. The van der Waals surface area contributed by atoms with Crippen molar-refractivity contribution in [3.05, 3.63) is 59.7 Å². The molecule has 0 unspecified atom stereocenters. The lowest BCUT2D eigenvalue weighted by Gasteiger charge is -2.09. The molecule has 0 aliphatic heterocycles. The van der Waals surface area contributed by atoms with Gasteiger partial charge in [-0.25, -0.2) is 0 Å². The molecule has 0 N–H and O–H groups in total. The van der Waals surface area contributed by atoms with Crippen LogP contribution in [0.5, 0.6) is 11.5 Å². The number of esters is 1. The van der Waals surface area contributed by atoms with Crippen LogP contribution in [0.25, 0.3) is 0 Å². The lowest BCUT2D eigenvalue weighted by atomic mass is 10.1. The maximum Gasteiger partial charge on any atom is 0.311 e. The van der Waals surface area contributed by atoms with Crippen molar-refractivity contribution in [2.75, 3.05) is 7.11 Å². The lowest BCUT2D eigenvalue weighted by molar-refractivity contribution is -0.134. The molecule has 0 bridgehead atoms. The topological polar surface area (TPSA) is 35.5 Å². The number of carbonyl (C=O) groups excluding carboxylic acids is 1. The van der Waals surface area contributed by atoms with Gasteiger partial charge < -0.3 is 9.47 Å². The van der Waals surface area contributed by atoms with E-state index in [1.807, 2.05) is 49.4 Å². The van der Waals surface area contributed by atoms with Crippen molar-refractivity contribution in [1.29, 1.82) is 0 Å². The summed E-state index contributed by atoms with van der Waals surface area (Å²) in [4.78, 5) is 11.9. The van der Waals surface area contributed by atoms with Crippen LogP contribution < -0.4 is 9.47 Å². The van der Waals surface area contributed by atoms with Crippen molar-refractivity contribution in [3.8, 4) is 11.5 Å². The van der Waals surface area contributed by atoms with E-state index in [2.05, 4.69) is 0 Å². The van der Waals surface area contributed by atoms with Crippen molar-refractivity contribution in [2.24, 2.45) is 0 Å². The first-order chi connectivity index (χ1) is 9.69. The molecule has 0 spiro atoms. The zero-order valence-electron chi connectivity index (χ0n) is 11.8. The van der Waals surface area contributed by atoms with Crippen molar-refractivity contribution in [3.63, 3.8) is 0 Å². The Bertz CT molecular complexity index is 576. The summed E-state index contributed by atoms with van der Waals surface area (Å²) in [6.07, 6.45) is 1.02. The molecule has 0 aromatic heterocycles. The summed E-state index contributed by atoms with van der Waals surface area (Å²) < 4.78 is 10.6. The number of benzene rings is 2. The normalized spacial score (nSPS) is 10.1. The van der Waals surface area contributed by atoms with E-state index in [0.717, 1.165) is 11.1 Å². The first kappa shape index (κ1) is 14.1. The van der Waals surface area contributed by atoms with Crippen molar-refractivity contribution in [2.45, 2.75) is 19.8 Å². The monoisotopic (exact) mass is 270 g/mol. The van der Waals surface area contributed by atoms with Gasteiger partial charge in [0.05, 0.1) is 7.11 Å². The van der Waals surface area contributed by atoms with Crippen LogP contribution in [0.15, 0.2) is 48.5 Å². The van der Waals surface area contributed by atoms with Gasteiger partial charge in [-0.2, -0.15) is 0 Å². The molecule has 104 valence electrons. The van der Waals surface area contributed by atoms with Crippen molar-refractivity contribution >= 4 is 5.97 Å². The lowest BCUT2D eigenvalue weighted by Crippen LogP contribution is -2.09. The van der Waals surface area contributed by atoms with Crippen LogP contribution in [-0.4, -0.2) is 13.1 Å². The molecule has 0 heterocycles. The molecule has 0 saturated heterocycles. The van der Waals surface area contributed by atoms with Crippen LogP contribution in [0.1, 0.15) is 17.5 Å². The third kappa shape index (κ3) is 3.85. The number of rotatable bonds is 5. The van der Waals surface area contributed by atoms with Crippen molar-refractivity contribution < 1.29 is 14.3 Å². The Morgan fingerprint density at radius 1 is 1.05 bits per heavy atom. The summed E-state index contributed by atoms with van der Waals surface area (Å²) in [5.74, 6) is 0.797. The minimum Gasteiger partial charge on any atom is -0.493 e. The summed E-state index contributed by atoms with van der Waals surface area (Å²) >= 11 is 0. The van der Waals surface area contributed by atoms with Gasteiger partial charge in [-0.3, -0.25) is 4.79 Å². The summed E-state index contributed by atoms with van der Waals surface area (Å²) in [7, 11) is 1.57. The highest BCUT2D eigenvalue weighted by Crippen LogP contribution is 2.28. The Hall–Kier alpha value is -2.29. The number of hydrogen-bond donors (Lipinski definition) is 0. The third-order valence-corrected chi connectivity index (χ3v) is 3.00. The van der Waals surface area contributed by atoms with E-state index < -0.39 is 0 Å². The zero-order chi connectivity index (χ0) is 14.4. The Kier molecular flexibility index (Phi) is 4.77. The number of aryl methyl sites for hydroxylation is 2. The number of hydrogen-bond acceptors (Lipinski definition) is 3. The van der Waals surface area contributed by atoms with Gasteiger partial charge in [0.25, 0.3) is 0 Å². The number of methoxy groups -OCH3 is 1. The molecule has 2 aromatic carbocycles. The van der Waals surface area contributed by atoms with Gasteiger partial charge in [0.2, 0.25) is 0 Å². The second kappa shape index (κ2) is 6.75. The average molecular weight is 270 g/mol. The molecule has 0 saturated carbocycles. The molecule has 0 aliphatic carbocycles. The van der Waals surface area contributed by atoms with E-state index in [1.165, 1.54) is 0 Å². The smallest absolute Gasteiger partial charge is 0.311 e. The molecule has 0 atom stereocenters. The van der Waals surface area contributed by atoms with E-state index >= 15 is 0 Å². The molecular formula is C17H18O3. The Labute approximate surface area is 119 Å². The summed E-state index contributed by atoms with van der Waals surface area (Å²) in [5, 5.41) is 0. The highest BCUT2D eigenvalue weighted by atomic mass is 16.6. The van der Waals surface area contributed by atoms with E-state index in [0.29, 0.717) is 24.3 Å². The fraction of sp³-hybridized carbons (Fsp3) is 0.235. The third-order valence-electron chi connectivity index (χ3n) is 3.00. The first-order valence-electron chi connectivity index (χ1n) is 6.58. The minimum absolute atomic E-state index is 0.254. The maximum atomic E-state index is 11.9. The molecule has 3 heteroatoms. The van der Waals surface area contributed by atoms with Gasteiger partial charge in [-0.05, 0) is 36.6 Å². The second-order valence-corrected chi connectivity index (χ2v) is 4.61. The second-order valence-electron chi connectivity index (χ2n) is 4.61. The molecule has 2 rings (SSSR count). The molecule has 0 amide bonds. The van der Waals surface area contributed by atoms with Crippen LogP contribution in [0, 0.1) is 6.92 Å². The minimum atomic E-state index is -0.254. The molecule has 20 heavy (non-hydrogen) atoms. The van der Waals surface area contributed by atoms with Crippen LogP contribution in [0.2, 0.25) is 0 Å². The number of carbonyl (C=O) groups is 1. The van der Waals surface area contributed by atoms with Crippen molar-refractivity contribution in [1.82, 2.24) is 0 Å². The Balaban J connectivity index is 1.95. The van der Waals surface area contributed by atoms with E-state index in [1.54, 1.807) is 13.2 Å². The molecule has 0 fully saturated rings. The molecule has 0 aliphatic rings. The summed E-state index contributed by atoms with van der Waals surface area (Å²) in [6.45, 7) is 1.96. The predicted molar refractivity (Wildman–Crippen MR) is 78.1 cm³/mol. The molecule has 3 nitrogen and oxygen atoms in total. The van der Waals surface area contributed by atoms with Gasteiger partial charge >= 0.3 is 5.97 Å². The maximum absolute atomic E-state index is 11.9. The van der Waals surface area contributed by atoms with E-state index in [-0.39, 0.29) is 5.97 Å². The van der Waals surface area contributed by atoms with Gasteiger partial charge in [-0.15, -0.1) is 0 Å². The summed E-state index contributed by atoms with van der Waals surface area (Å²) in [5.41, 5.74) is 2.19. The molecular weight excluding hydrogens is 252 g/mol. The van der Waals surface area contributed by atoms with E-state index in [9.17, 15) is 4.79 Å². The van der Waals surface area contributed by atoms with E-state index in [4.69, 9.17) is 9.47 Å². The van der Waals surface area contributed by atoms with Gasteiger partial charge in [0.1, 0.15) is 0 Å². The van der Waals surface area contributed by atoms with Crippen LogP contribution >= 0.6 is 0 Å². The number of ether oxygens (including phenoxy) is 2. The van der Waals surface area contributed by atoms with Crippen LogP contribution in [0.3, 0.4) is 0 Å². The quantitative estimate of drug-likeness (QED) is 0.615. The zero-order valence-corrected chi connectivity index (χ0v) is 11.8. The molecule has 0 radical (unpaired) electrons. The highest BCUT2D eigenvalue weighted by molar-refractivity contribution is 5.73. The fourth-order valence-corrected chi connectivity index (χ4v) is 1.92. The van der Waals surface area contributed by atoms with Gasteiger partial charge in [0.15, 0.2) is 11.5 Å². The van der Waals surface area contributed by atoms with Gasteiger partial charge in [-0.1, -0.05) is 36.4 Å². The van der Waals surface area contributed by atoms with Gasteiger partial charge in [0, 0.05) is 6.42 Å². The predicted octanol–water partition coefficient (Wildman–Crippen LogP) is 3.54. The average Bonchev–Trinajstić information content (AvgIpc) is 2.48. The standard InChI is InChI=1S/C17H18O3/c1-13-8-10-15(16(12-13)19-2)20-17(18)11-9-14-6-4-3-5-7-14/h3-8,10,12H,9,11H2,1-2H3. The Morgan fingerprint density at radius 3 is 2.50 bits per heavy atom. The fourth-order valence-electron chi connectivity index (χ4n) is 1.92. The largest absolute Gasteiger partial charge is 0.493 e. The van der Waals surface area contributed by atoms with Crippen LogP contribution in [0.4, 0.5) is 0 Å². The first-order valence-corrected chi connectivity index (χ1v) is 6.58. The Morgan fingerprint density at radius 2 is 1.80 bits per heavy atom. The van der Waals surface area contributed by atoms with Crippen LogP contribution in [-0.2, 0) is 11.2 Å². The highest BCUT2D eigenvalue weighted by Gasteiger charge is 2.10. The SMILES string of the molecule is COc1cc(C)ccc1OC(=O)CCc1ccccc1.